The van der Waals surface area contributed by atoms with Gasteiger partial charge in [0.05, 0.1) is 5.70 Å². The van der Waals surface area contributed by atoms with Gasteiger partial charge in [0.1, 0.15) is 0 Å². The van der Waals surface area contributed by atoms with E-state index < -0.39 is 0 Å². The van der Waals surface area contributed by atoms with Crippen LogP contribution in [0.25, 0.3) is 0 Å². The number of nitrogens with one attached hydrogen (secondary N) is 2. The van der Waals surface area contributed by atoms with Crippen molar-refractivity contribution in [2.75, 3.05) is 0 Å². The van der Waals surface area contributed by atoms with Crippen LogP contribution in [0, 0.1) is 0 Å². The number of amidine groups is 1. The lowest BCUT2D eigenvalue weighted by atomic mass is 10.4. The monoisotopic (exact) mass is 113 g/mol. The van der Waals surface area contributed by atoms with E-state index in [1.165, 1.54) is 6.20 Å². The zero-order chi connectivity index (χ0) is 5.98. The van der Waals surface area contributed by atoms with Gasteiger partial charge >= 0.3 is 0 Å². The normalized spacial score (nSPS) is 17.5. The molecular formula is C3H7N5. The van der Waals surface area contributed by atoms with E-state index in [0.29, 0.717) is 11.5 Å². The number of hydrogen-bond donors (Lipinski definition) is 4. The smallest absolute Gasteiger partial charge is 0.170 e. The summed E-state index contributed by atoms with van der Waals surface area (Å²) in [6.07, 6.45) is 1.53. The van der Waals surface area contributed by atoms with Crippen LogP contribution in [-0.4, -0.2) is 5.84 Å². The number of hydrazone groups is 1. The lowest BCUT2D eigenvalue weighted by molar-refractivity contribution is 0.651. The van der Waals surface area contributed by atoms with Crippen molar-refractivity contribution >= 4 is 5.84 Å². The predicted molar refractivity (Wildman–Crippen MR) is 30.2 cm³/mol. The Labute approximate surface area is 46.4 Å². The van der Waals surface area contributed by atoms with Crippen molar-refractivity contribution in [2.24, 2.45) is 16.6 Å². The molecule has 0 fully saturated rings. The minimum absolute atomic E-state index is 0.309. The van der Waals surface area contributed by atoms with Crippen molar-refractivity contribution in [3.63, 3.8) is 0 Å². The van der Waals surface area contributed by atoms with Crippen molar-refractivity contribution < 1.29 is 0 Å². The standard InChI is InChI=1S/C3H7N5/c4-2-1-6-8-7-3(2)5/h1,6,8H,4H2,(H2,5,7). The van der Waals surface area contributed by atoms with Crippen molar-refractivity contribution in [3.8, 4) is 0 Å². The van der Waals surface area contributed by atoms with E-state index in [0.717, 1.165) is 0 Å². The van der Waals surface area contributed by atoms with Crippen LogP contribution in [-0.2, 0) is 0 Å². The second kappa shape index (κ2) is 1.61. The highest BCUT2D eigenvalue weighted by molar-refractivity contribution is 5.96. The van der Waals surface area contributed by atoms with Crippen molar-refractivity contribution in [1.29, 1.82) is 0 Å². The van der Waals surface area contributed by atoms with E-state index in [4.69, 9.17) is 11.5 Å². The molecule has 5 nitrogen and oxygen atoms in total. The Bertz CT molecular complexity index is 128. The third kappa shape index (κ3) is 0.651. The molecule has 1 aliphatic rings. The summed E-state index contributed by atoms with van der Waals surface area (Å²) in [5.41, 5.74) is 15.9. The Hall–Kier alpha value is -1.39. The first kappa shape index (κ1) is 4.76. The van der Waals surface area contributed by atoms with Crippen LogP contribution in [0.1, 0.15) is 0 Å². The summed E-state index contributed by atoms with van der Waals surface area (Å²) in [6, 6.07) is 0. The molecule has 0 saturated heterocycles. The van der Waals surface area contributed by atoms with Crippen LogP contribution < -0.4 is 22.4 Å². The molecule has 0 atom stereocenters. The average molecular weight is 113 g/mol. The van der Waals surface area contributed by atoms with Gasteiger partial charge in [0.25, 0.3) is 0 Å². The number of hydrogen-bond acceptors (Lipinski definition) is 5. The van der Waals surface area contributed by atoms with E-state index in [9.17, 15) is 0 Å². The van der Waals surface area contributed by atoms with Crippen LogP contribution in [0.4, 0.5) is 0 Å². The van der Waals surface area contributed by atoms with Crippen LogP contribution in [0.5, 0.6) is 0 Å². The summed E-state index contributed by atoms with van der Waals surface area (Å²) >= 11 is 0. The summed E-state index contributed by atoms with van der Waals surface area (Å²) in [5.74, 6) is 0.309. The van der Waals surface area contributed by atoms with Gasteiger partial charge in [0, 0.05) is 6.20 Å². The fourth-order valence-electron chi connectivity index (χ4n) is 0.341. The Kier molecular flexibility index (Phi) is 0.957. The van der Waals surface area contributed by atoms with Gasteiger partial charge in [-0.3, -0.25) is 5.43 Å². The van der Waals surface area contributed by atoms with Gasteiger partial charge in [0.15, 0.2) is 5.84 Å². The maximum absolute atomic E-state index is 5.28. The molecule has 0 saturated carbocycles. The SMILES string of the molecule is NC1=CNNN=C1N. The second-order valence-corrected chi connectivity index (χ2v) is 1.35. The molecule has 0 aliphatic carbocycles. The van der Waals surface area contributed by atoms with E-state index in [1.807, 2.05) is 0 Å². The van der Waals surface area contributed by atoms with E-state index >= 15 is 0 Å². The lowest BCUT2D eigenvalue weighted by Crippen LogP contribution is -2.35. The average Bonchev–Trinajstić information content (AvgIpc) is 1.77. The number of nitrogens with zero attached hydrogens (tertiary/aromatic N) is 1. The fraction of sp³-hybridized carbons (Fsp3) is 0. The second-order valence-electron chi connectivity index (χ2n) is 1.35. The summed E-state index contributed by atoms with van der Waals surface area (Å²) in [6.45, 7) is 0. The summed E-state index contributed by atoms with van der Waals surface area (Å²) in [4.78, 5) is 0. The molecule has 1 aliphatic heterocycles. The summed E-state index contributed by atoms with van der Waals surface area (Å²) in [5, 5.41) is 3.55. The number of hydrazine groups is 1. The van der Waals surface area contributed by atoms with Gasteiger partial charge in [-0.05, 0) is 0 Å². The minimum atomic E-state index is 0.309. The highest BCUT2D eigenvalue weighted by atomic mass is 15.6. The molecule has 1 heterocycles. The number of nitrogens with two attached hydrogens (primary N) is 2. The van der Waals surface area contributed by atoms with Gasteiger partial charge in [-0.2, -0.15) is 0 Å². The van der Waals surface area contributed by atoms with Gasteiger partial charge in [0.2, 0.25) is 0 Å². The molecule has 0 bridgehead atoms. The molecule has 0 aromatic heterocycles. The van der Waals surface area contributed by atoms with E-state index in [-0.39, 0.29) is 0 Å². The van der Waals surface area contributed by atoms with Crippen LogP contribution >= 0.6 is 0 Å². The number of rotatable bonds is 0. The minimum Gasteiger partial charge on any atom is -0.394 e. The lowest BCUT2D eigenvalue weighted by Gasteiger charge is -2.08. The molecular weight excluding hydrogens is 106 g/mol. The Balaban J connectivity index is 2.73. The maximum atomic E-state index is 5.28. The molecule has 1 rings (SSSR count). The van der Waals surface area contributed by atoms with Gasteiger partial charge in [-0.1, -0.05) is 0 Å². The fourth-order valence-corrected chi connectivity index (χ4v) is 0.341. The molecule has 44 valence electrons. The quantitative estimate of drug-likeness (QED) is 0.297. The highest BCUT2D eigenvalue weighted by Gasteiger charge is 1.98. The molecule has 0 amide bonds. The third-order valence-electron chi connectivity index (χ3n) is 0.764. The van der Waals surface area contributed by atoms with Crippen LogP contribution in [0.3, 0.4) is 0 Å². The van der Waals surface area contributed by atoms with Gasteiger partial charge < -0.3 is 11.5 Å². The van der Waals surface area contributed by atoms with Gasteiger partial charge in [-0.15, -0.1) is 5.10 Å². The van der Waals surface area contributed by atoms with E-state index in [2.05, 4.69) is 16.1 Å². The largest absolute Gasteiger partial charge is 0.394 e. The third-order valence-corrected chi connectivity index (χ3v) is 0.764. The predicted octanol–water partition coefficient (Wildman–Crippen LogP) is -1.83. The molecule has 0 aromatic carbocycles. The Morgan fingerprint density at radius 1 is 1.50 bits per heavy atom. The first-order valence-electron chi connectivity index (χ1n) is 2.10. The van der Waals surface area contributed by atoms with Gasteiger partial charge in [-0.25, -0.2) is 5.53 Å². The zero-order valence-electron chi connectivity index (χ0n) is 4.18. The molecule has 5 heteroatoms. The maximum Gasteiger partial charge on any atom is 0.170 e. The first-order valence-corrected chi connectivity index (χ1v) is 2.10. The Morgan fingerprint density at radius 3 is 2.62 bits per heavy atom. The van der Waals surface area contributed by atoms with E-state index in [1.54, 1.807) is 0 Å². The highest BCUT2D eigenvalue weighted by Crippen LogP contribution is 1.82. The molecule has 8 heavy (non-hydrogen) atoms. The van der Waals surface area contributed by atoms with Crippen molar-refractivity contribution in [3.05, 3.63) is 11.9 Å². The van der Waals surface area contributed by atoms with Crippen LogP contribution in [0.2, 0.25) is 0 Å². The molecule has 0 radical (unpaired) electrons. The zero-order valence-corrected chi connectivity index (χ0v) is 4.18. The molecule has 6 N–H and O–H groups in total. The Morgan fingerprint density at radius 2 is 2.25 bits per heavy atom. The van der Waals surface area contributed by atoms with Crippen LogP contribution in [0.15, 0.2) is 17.0 Å². The summed E-state index contributed by atoms with van der Waals surface area (Å²) in [7, 11) is 0. The first-order chi connectivity index (χ1) is 3.80. The van der Waals surface area contributed by atoms with Crippen molar-refractivity contribution in [2.45, 2.75) is 0 Å². The molecule has 0 aromatic rings. The molecule has 0 spiro atoms. The summed E-state index contributed by atoms with van der Waals surface area (Å²) < 4.78 is 0. The topological polar surface area (TPSA) is 88.5 Å². The molecule has 0 unspecified atom stereocenters. The van der Waals surface area contributed by atoms with Crippen molar-refractivity contribution in [1.82, 2.24) is 11.0 Å².